The predicted molar refractivity (Wildman–Crippen MR) is 82.6 cm³/mol. The summed E-state index contributed by atoms with van der Waals surface area (Å²) < 4.78 is 13.1. The molecule has 4 heteroatoms. The van der Waals surface area contributed by atoms with Gasteiger partial charge in [-0.1, -0.05) is 31.9 Å². The van der Waals surface area contributed by atoms with E-state index in [1.165, 1.54) is 31.4 Å². The summed E-state index contributed by atoms with van der Waals surface area (Å²) in [5.41, 5.74) is 0.755. The van der Waals surface area contributed by atoms with Crippen molar-refractivity contribution >= 4 is 5.91 Å². The molecule has 0 aliphatic carbocycles. The van der Waals surface area contributed by atoms with Gasteiger partial charge in [-0.2, -0.15) is 0 Å². The van der Waals surface area contributed by atoms with Crippen LogP contribution in [0.1, 0.15) is 31.7 Å². The van der Waals surface area contributed by atoms with Gasteiger partial charge in [0.2, 0.25) is 5.91 Å². The van der Waals surface area contributed by atoms with Crippen molar-refractivity contribution in [3.63, 3.8) is 0 Å². The average Bonchev–Trinajstić information content (AvgIpc) is 2.48. The number of benzene rings is 1. The van der Waals surface area contributed by atoms with Gasteiger partial charge < -0.3 is 4.90 Å². The van der Waals surface area contributed by atoms with Crippen LogP contribution < -0.4 is 0 Å². The summed E-state index contributed by atoms with van der Waals surface area (Å²) in [5.74, 6) is -0.171. The molecule has 0 unspecified atom stereocenters. The standard InChI is InChI=1S/C17H25FN2O/c1-2-3-4-8-19-9-11-20(12-10-19)17(21)14-15-6-5-7-16(18)13-15/h5-7,13H,2-4,8-12,14H2,1H3. The van der Waals surface area contributed by atoms with Crippen molar-refractivity contribution in [2.24, 2.45) is 0 Å². The maximum Gasteiger partial charge on any atom is 0.227 e. The predicted octanol–water partition coefficient (Wildman–Crippen LogP) is 2.70. The number of hydrogen-bond donors (Lipinski definition) is 0. The van der Waals surface area contributed by atoms with Crippen molar-refractivity contribution in [1.82, 2.24) is 9.80 Å². The second-order valence-corrected chi connectivity index (χ2v) is 5.74. The summed E-state index contributed by atoms with van der Waals surface area (Å²) in [6, 6.07) is 6.31. The monoisotopic (exact) mass is 292 g/mol. The zero-order valence-electron chi connectivity index (χ0n) is 12.9. The highest BCUT2D eigenvalue weighted by Gasteiger charge is 2.20. The summed E-state index contributed by atoms with van der Waals surface area (Å²) in [7, 11) is 0. The fourth-order valence-electron chi connectivity index (χ4n) is 2.74. The zero-order chi connectivity index (χ0) is 15.1. The highest BCUT2D eigenvalue weighted by atomic mass is 19.1. The van der Waals surface area contributed by atoms with Gasteiger partial charge in [0.25, 0.3) is 0 Å². The molecule has 0 atom stereocenters. The minimum atomic E-state index is -0.277. The van der Waals surface area contributed by atoms with Gasteiger partial charge in [0, 0.05) is 26.2 Å². The molecule has 1 saturated heterocycles. The van der Waals surface area contributed by atoms with Crippen LogP contribution >= 0.6 is 0 Å². The van der Waals surface area contributed by atoms with E-state index in [0.29, 0.717) is 6.42 Å². The molecule has 1 fully saturated rings. The number of unbranched alkanes of at least 4 members (excludes halogenated alkanes) is 2. The molecular formula is C17H25FN2O. The maximum atomic E-state index is 13.1. The summed E-state index contributed by atoms with van der Waals surface area (Å²) in [6.45, 7) is 6.85. The van der Waals surface area contributed by atoms with Crippen LogP contribution in [0, 0.1) is 5.82 Å². The van der Waals surface area contributed by atoms with Crippen LogP contribution in [0.3, 0.4) is 0 Å². The third-order valence-corrected chi connectivity index (χ3v) is 4.05. The number of hydrogen-bond acceptors (Lipinski definition) is 2. The van der Waals surface area contributed by atoms with Crippen LogP contribution in [0.5, 0.6) is 0 Å². The van der Waals surface area contributed by atoms with E-state index in [1.807, 2.05) is 11.0 Å². The molecule has 0 bridgehead atoms. The average molecular weight is 292 g/mol. The van der Waals surface area contributed by atoms with Crippen molar-refractivity contribution in [2.75, 3.05) is 32.7 Å². The summed E-state index contributed by atoms with van der Waals surface area (Å²) in [4.78, 5) is 16.6. The Labute approximate surface area is 126 Å². The molecule has 0 saturated carbocycles. The van der Waals surface area contributed by atoms with E-state index in [9.17, 15) is 9.18 Å². The SMILES string of the molecule is CCCCCN1CCN(C(=O)Cc2cccc(F)c2)CC1. The Hall–Kier alpha value is -1.42. The molecule has 1 heterocycles. The van der Waals surface area contributed by atoms with Crippen LogP contribution in [-0.4, -0.2) is 48.4 Å². The number of carbonyl (C=O) groups excluding carboxylic acids is 1. The lowest BCUT2D eigenvalue weighted by atomic mass is 10.1. The number of piperazine rings is 1. The Bertz CT molecular complexity index is 456. The van der Waals surface area contributed by atoms with Crippen molar-refractivity contribution in [1.29, 1.82) is 0 Å². The Kier molecular flexibility index (Phi) is 6.18. The lowest BCUT2D eigenvalue weighted by molar-refractivity contribution is -0.132. The van der Waals surface area contributed by atoms with Crippen LogP contribution in [-0.2, 0) is 11.2 Å². The number of amides is 1. The van der Waals surface area contributed by atoms with Gasteiger partial charge in [-0.05, 0) is 30.7 Å². The van der Waals surface area contributed by atoms with Gasteiger partial charge in [-0.15, -0.1) is 0 Å². The molecule has 116 valence electrons. The Morgan fingerprint density at radius 3 is 2.62 bits per heavy atom. The Morgan fingerprint density at radius 1 is 1.19 bits per heavy atom. The van der Waals surface area contributed by atoms with Crippen molar-refractivity contribution in [3.05, 3.63) is 35.6 Å². The molecule has 1 aromatic carbocycles. The quantitative estimate of drug-likeness (QED) is 0.753. The third-order valence-electron chi connectivity index (χ3n) is 4.05. The molecule has 21 heavy (non-hydrogen) atoms. The van der Waals surface area contributed by atoms with E-state index in [-0.39, 0.29) is 11.7 Å². The largest absolute Gasteiger partial charge is 0.340 e. The molecule has 3 nitrogen and oxygen atoms in total. The number of carbonyl (C=O) groups is 1. The fourth-order valence-corrected chi connectivity index (χ4v) is 2.74. The van der Waals surface area contributed by atoms with Crippen molar-refractivity contribution in [2.45, 2.75) is 32.6 Å². The molecule has 1 aliphatic rings. The Balaban J connectivity index is 1.75. The molecular weight excluding hydrogens is 267 g/mol. The number of rotatable bonds is 6. The molecule has 0 radical (unpaired) electrons. The topological polar surface area (TPSA) is 23.6 Å². The van der Waals surface area contributed by atoms with Gasteiger partial charge in [0.1, 0.15) is 5.82 Å². The minimum absolute atomic E-state index is 0.105. The van der Waals surface area contributed by atoms with Crippen LogP contribution in [0.4, 0.5) is 4.39 Å². The molecule has 0 spiro atoms. The van der Waals surface area contributed by atoms with E-state index in [0.717, 1.165) is 38.3 Å². The highest BCUT2D eigenvalue weighted by molar-refractivity contribution is 5.78. The molecule has 1 amide bonds. The summed E-state index contributed by atoms with van der Waals surface area (Å²) >= 11 is 0. The van der Waals surface area contributed by atoms with E-state index >= 15 is 0 Å². The second kappa shape index (κ2) is 8.13. The normalized spacial score (nSPS) is 16.2. The molecule has 0 N–H and O–H groups in total. The van der Waals surface area contributed by atoms with E-state index in [2.05, 4.69) is 11.8 Å². The highest BCUT2D eigenvalue weighted by Crippen LogP contribution is 2.09. The van der Waals surface area contributed by atoms with Gasteiger partial charge in [-0.3, -0.25) is 9.69 Å². The minimum Gasteiger partial charge on any atom is -0.340 e. The first-order valence-electron chi connectivity index (χ1n) is 7.93. The van der Waals surface area contributed by atoms with E-state index in [1.54, 1.807) is 6.07 Å². The number of nitrogens with zero attached hydrogens (tertiary/aromatic N) is 2. The van der Waals surface area contributed by atoms with Crippen LogP contribution in [0.15, 0.2) is 24.3 Å². The van der Waals surface area contributed by atoms with Crippen LogP contribution in [0.25, 0.3) is 0 Å². The van der Waals surface area contributed by atoms with Crippen molar-refractivity contribution < 1.29 is 9.18 Å². The molecule has 1 aromatic rings. The Morgan fingerprint density at radius 2 is 1.95 bits per heavy atom. The maximum absolute atomic E-state index is 13.1. The first-order valence-corrected chi connectivity index (χ1v) is 7.93. The first kappa shape index (κ1) is 16.0. The smallest absolute Gasteiger partial charge is 0.227 e. The van der Waals surface area contributed by atoms with Gasteiger partial charge >= 0.3 is 0 Å². The summed E-state index contributed by atoms with van der Waals surface area (Å²) in [6.07, 6.45) is 4.06. The lowest BCUT2D eigenvalue weighted by Crippen LogP contribution is -2.49. The number of halogens is 1. The van der Waals surface area contributed by atoms with Gasteiger partial charge in [-0.25, -0.2) is 4.39 Å². The fraction of sp³-hybridized carbons (Fsp3) is 0.588. The van der Waals surface area contributed by atoms with Gasteiger partial charge in [0.05, 0.1) is 6.42 Å². The van der Waals surface area contributed by atoms with E-state index in [4.69, 9.17) is 0 Å². The molecule has 0 aromatic heterocycles. The van der Waals surface area contributed by atoms with E-state index < -0.39 is 0 Å². The second-order valence-electron chi connectivity index (χ2n) is 5.74. The van der Waals surface area contributed by atoms with Gasteiger partial charge in [0.15, 0.2) is 0 Å². The zero-order valence-corrected chi connectivity index (χ0v) is 12.9. The summed E-state index contributed by atoms with van der Waals surface area (Å²) in [5, 5.41) is 0. The first-order chi connectivity index (χ1) is 10.2. The molecule has 1 aliphatic heterocycles. The van der Waals surface area contributed by atoms with Crippen molar-refractivity contribution in [3.8, 4) is 0 Å². The third kappa shape index (κ3) is 5.12. The lowest BCUT2D eigenvalue weighted by Gasteiger charge is -2.34. The molecule has 2 rings (SSSR count). The van der Waals surface area contributed by atoms with Crippen LogP contribution in [0.2, 0.25) is 0 Å².